The molecule has 3 aromatic rings. The molecule has 34 heavy (non-hydrogen) atoms. The molecule has 5 nitrogen and oxygen atoms in total. The Bertz CT molecular complexity index is 1120. The predicted molar refractivity (Wildman–Crippen MR) is 123 cm³/mol. The minimum atomic E-state index is -4.74. The summed E-state index contributed by atoms with van der Waals surface area (Å²) in [6.45, 7) is 4.61. The number of hydrogen-bond donors (Lipinski definition) is 1. The van der Waals surface area contributed by atoms with Gasteiger partial charge in [-0.2, -0.15) is 0 Å². The molecule has 1 aromatic heterocycles. The predicted octanol–water partition coefficient (Wildman–Crippen LogP) is 5.35. The molecule has 0 bridgehead atoms. The zero-order valence-corrected chi connectivity index (χ0v) is 18.8. The van der Waals surface area contributed by atoms with Crippen LogP contribution < -0.4 is 10.1 Å². The fourth-order valence-corrected chi connectivity index (χ4v) is 4.19. The van der Waals surface area contributed by atoms with Gasteiger partial charge in [-0.05, 0) is 60.7 Å². The maximum atomic E-state index is 13.1. The first kappa shape index (κ1) is 23.8. The topological polar surface area (TPSA) is 54.5 Å². The number of alkyl halides is 3. The lowest BCUT2D eigenvalue weighted by molar-refractivity contribution is -0.274. The molecule has 1 N–H and O–H groups in total. The highest BCUT2D eigenvalue weighted by Gasteiger charge is 2.31. The minimum Gasteiger partial charge on any atom is -0.406 e. The minimum absolute atomic E-state index is 0.0642. The molecule has 0 atom stereocenters. The van der Waals surface area contributed by atoms with Crippen molar-refractivity contribution in [2.24, 2.45) is 0 Å². The summed E-state index contributed by atoms with van der Waals surface area (Å²) in [5.41, 5.74) is 4.03. The SMILES string of the molecule is Cc1ncccc1CN1CCC(NC(=O)c2ccccc2-c2ccc(OC(F)(F)F)cc2)CC1. The molecular weight excluding hydrogens is 443 g/mol. The standard InChI is InChI=1S/C26H26F3N3O2/c1-18-20(5-4-14-30-18)17-32-15-12-21(13-16-32)31-25(33)24-7-3-2-6-23(24)19-8-10-22(11-9-19)34-26(27,28)29/h2-11,14,21H,12-13,15-17H2,1H3,(H,31,33). The summed E-state index contributed by atoms with van der Waals surface area (Å²) in [7, 11) is 0. The fraction of sp³-hybridized carbons (Fsp3) is 0.308. The Morgan fingerprint density at radius 3 is 2.44 bits per heavy atom. The molecule has 1 amide bonds. The van der Waals surface area contributed by atoms with E-state index in [4.69, 9.17) is 0 Å². The number of nitrogens with one attached hydrogen (secondary N) is 1. The summed E-state index contributed by atoms with van der Waals surface area (Å²) in [5, 5.41) is 3.13. The summed E-state index contributed by atoms with van der Waals surface area (Å²) in [4.78, 5) is 19.8. The van der Waals surface area contributed by atoms with E-state index in [0.29, 0.717) is 16.7 Å². The first-order valence-corrected chi connectivity index (χ1v) is 11.2. The number of ether oxygens (including phenoxy) is 1. The van der Waals surface area contributed by atoms with Gasteiger partial charge in [0.2, 0.25) is 0 Å². The second kappa shape index (κ2) is 10.3. The lowest BCUT2D eigenvalue weighted by Crippen LogP contribution is -2.44. The van der Waals surface area contributed by atoms with Crippen LogP contribution in [0.15, 0.2) is 66.9 Å². The lowest BCUT2D eigenvalue weighted by atomic mass is 9.98. The average Bonchev–Trinajstić information content (AvgIpc) is 2.81. The van der Waals surface area contributed by atoms with E-state index in [1.165, 1.54) is 29.8 Å². The van der Waals surface area contributed by atoms with E-state index >= 15 is 0 Å². The highest BCUT2D eigenvalue weighted by Crippen LogP contribution is 2.28. The molecule has 2 aromatic carbocycles. The van der Waals surface area contributed by atoms with Gasteiger partial charge in [0.05, 0.1) is 0 Å². The van der Waals surface area contributed by atoms with Crippen molar-refractivity contribution in [2.75, 3.05) is 13.1 Å². The number of likely N-dealkylation sites (tertiary alicyclic amines) is 1. The number of rotatable bonds is 6. The zero-order valence-electron chi connectivity index (χ0n) is 18.8. The van der Waals surface area contributed by atoms with E-state index in [1.54, 1.807) is 30.5 Å². The van der Waals surface area contributed by atoms with Crippen LogP contribution >= 0.6 is 0 Å². The number of aromatic nitrogens is 1. The average molecular weight is 470 g/mol. The fourth-order valence-electron chi connectivity index (χ4n) is 4.19. The third-order valence-electron chi connectivity index (χ3n) is 6.00. The molecule has 1 fully saturated rings. The first-order valence-electron chi connectivity index (χ1n) is 11.2. The second-order valence-electron chi connectivity index (χ2n) is 8.39. The van der Waals surface area contributed by atoms with Crippen molar-refractivity contribution in [2.45, 2.75) is 38.7 Å². The normalized spacial score (nSPS) is 15.2. The monoisotopic (exact) mass is 469 g/mol. The molecule has 8 heteroatoms. The van der Waals surface area contributed by atoms with Crippen LogP contribution in [0.2, 0.25) is 0 Å². The Morgan fingerprint density at radius 2 is 1.76 bits per heavy atom. The first-order chi connectivity index (χ1) is 16.3. The van der Waals surface area contributed by atoms with Gasteiger partial charge >= 0.3 is 6.36 Å². The molecular formula is C26H26F3N3O2. The van der Waals surface area contributed by atoms with Crippen LogP contribution in [0.25, 0.3) is 11.1 Å². The number of halogens is 3. The molecule has 4 rings (SSSR count). The molecule has 1 aliphatic heterocycles. The quantitative estimate of drug-likeness (QED) is 0.529. The maximum Gasteiger partial charge on any atom is 0.573 e. The molecule has 1 aliphatic rings. The van der Waals surface area contributed by atoms with E-state index in [9.17, 15) is 18.0 Å². The van der Waals surface area contributed by atoms with E-state index in [1.807, 2.05) is 13.0 Å². The van der Waals surface area contributed by atoms with Crippen molar-refractivity contribution in [1.82, 2.24) is 15.2 Å². The van der Waals surface area contributed by atoms with Crippen LogP contribution in [-0.2, 0) is 6.54 Å². The Kier molecular flexibility index (Phi) is 7.17. The van der Waals surface area contributed by atoms with Gasteiger partial charge in [0.1, 0.15) is 5.75 Å². The van der Waals surface area contributed by atoms with Crippen molar-refractivity contribution < 1.29 is 22.7 Å². The van der Waals surface area contributed by atoms with Crippen LogP contribution in [0.3, 0.4) is 0 Å². The van der Waals surface area contributed by atoms with Crippen LogP contribution in [-0.4, -0.2) is 41.3 Å². The largest absolute Gasteiger partial charge is 0.573 e. The Hall–Kier alpha value is -3.39. The Balaban J connectivity index is 1.38. The number of aryl methyl sites for hydroxylation is 1. The lowest BCUT2D eigenvalue weighted by Gasteiger charge is -2.32. The van der Waals surface area contributed by atoms with E-state index in [2.05, 4.69) is 26.0 Å². The summed E-state index contributed by atoms with van der Waals surface area (Å²) < 4.78 is 41.2. The van der Waals surface area contributed by atoms with Gasteiger partial charge in [0, 0.05) is 43.1 Å². The summed E-state index contributed by atoms with van der Waals surface area (Å²) >= 11 is 0. The third-order valence-corrected chi connectivity index (χ3v) is 6.00. The number of hydrogen-bond acceptors (Lipinski definition) is 4. The van der Waals surface area contributed by atoms with Gasteiger partial charge in [-0.25, -0.2) is 0 Å². The van der Waals surface area contributed by atoms with Gasteiger partial charge in [-0.15, -0.1) is 13.2 Å². The smallest absolute Gasteiger partial charge is 0.406 e. The molecule has 0 aliphatic carbocycles. The van der Waals surface area contributed by atoms with Gasteiger partial charge < -0.3 is 10.1 Å². The summed E-state index contributed by atoms with van der Waals surface area (Å²) in [6, 6.07) is 16.7. The molecule has 2 heterocycles. The molecule has 0 spiro atoms. The van der Waals surface area contributed by atoms with Gasteiger partial charge in [0.15, 0.2) is 0 Å². The van der Waals surface area contributed by atoms with Crippen LogP contribution in [0.4, 0.5) is 13.2 Å². The van der Waals surface area contributed by atoms with Crippen LogP contribution in [0.1, 0.15) is 34.5 Å². The van der Waals surface area contributed by atoms with Gasteiger partial charge in [-0.1, -0.05) is 36.4 Å². The second-order valence-corrected chi connectivity index (χ2v) is 8.39. The highest BCUT2D eigenvalue weighted by atomic mass is 19.4. The van der Waals surface area contributed by atoms with E-state index < -0.39 is 6.36 Å². The number of piperidine rings is 1. The van der Waals surface area contributed by atoms with Crippen LogP contribution in [0.5, 0.6) is 5.75 Å². The number of amides is 1. The molecule has 0 radical (unpaired) electrons. The Labute approximate surface area is 196 Å². The van der Waals surface area contributed by atoms with Crippen molar-refractivity contribution in [3.8, 4) is 16.9 Å². The molecule has 0 saturated carbocycles. The van der Waals surface area contributed by atoms with Crippen molar-refractivity contribution >= 4 is 5.91 Å². The van der Waals surface area contributed by atoms with Crippen molar-refractivity contribution in [3.05, 3.63) is 83.7 Å². The number of nitrogens with zero attached hydrogens (tertiary/aromatic N) is 2. The third kappa shape index (κ3) is 6.14. The highest BCUT2D eigenvalue weighted by molar-refractivity contribution is 6.01. The van der Waals surface area contributed by atoms with Crippen molar-refractivity contribution in [3.63, 3.8) is 0 Å². The Morgan fingerprint density at radius 1 is 1.06 bits per heavy atom. The van der Waals surface area contributed by atoms with Gasteiger partial charge in [-0.3, -0.25) is 14.7 Å². The van der Waals surface area contributed by atoms with Gasteiger partial charge in [0.25, 0.3) is 5.91 Å². The van der Waals surface area contributed by atoms with E-state index in [0.717, 1.165) is 38.2 Å². The number of pyridine rings is 1. The summed E-state index contributed by atoms with van der Waals surface area (Å²) in [5.74, 6) is -0.487. The maximum absolute atomic E-state index is 13.1. The van der Waals surface area contributed by atoms with Crippen LogP contribution in [0, 0.1) is 6.92 Å². The van der Waals surface area contributed by atoms with E-state index in [-0.39, 0.29) is 17.7 Å². The molecule has 0 unspecified atom stereocenters. The number of benzene rings is 2. The summed E-state index contributed by atoms with van der Waals surface area (Å²) in [6.07, 6.45) is -1.26. The zero-order chi connectivity index (χ0) is 24.1. The van der Waals surface area contributed by atoms with Crippen molar-refractivity contribution in [1.29, 1.82) is 0 Å². The molecule has 178 valence electrons. The number of carbonyl (C=O) groups is 1. The molecule has 1 saturated heterocycles. The number of carbonyl (C=O) groups excluding carboxylic acids is 1.